The summed E-state index contributed by atoms with van der Waals surface area (Å²) in [7, 11) is -7.24. The molecule has 0 saturated heterocycles. The number of nitrogens with zero attached hydrogens (tertiary/aromatic N) is 4. The number of rotatable bonds is 8. The average Bonchev–Trinajstić information content (AvgIpc) is 3.42. The van der Waals surface area contributed by atoms with Gasteiger partial charge in [-0.2, -0.15) is 0 Å². The van der Waals surface area contributed by atoms with Crippen LogP contribution < -0.4 is 4.72 Å². The Morgan fingerprint density at radius 1 is 0.909 bits per heavy atom. The lowest BCUT2D eigenvalue weighted by molar-refractivity contribution is 0.0786. The van der Waals surface area contributed by atoms with Crippen molar-refractivity contribution in [3.63, 3.8) is 0 Å². The molecule has 2 aliphatic rings. The highest BCUT2D eigenvalue weighted by Crippen LogP contribution is 2.40. The first kappa shape index (κ1) is 29.1. The molecule has 0 radical (unpaired) electrons. The Labute approximate surface area is 256 Å². The fraction of sp³-hybridized carbons (Fsp3) is 0.375. The van der Waals surface area contributed by atoms with Gasteiger partial charge in [0.15, 0.2) is 5.65 Å². The number of aliphatic hydroxyl groups is 1. The minimum absolute atomic E-state index is 0.0542. The van der Waals surface area contributed by atoms with E-state index in [9.17, 15) is 21.9 Å². The predicted molar refractivity (Wildman–Crippen MR) is 168 cm³/mol. The van der Waals surface area contributed by atoms with Crippen LogP contribution in [0.15, 0.2) is 71.9 Å². The first-order valence-corrected chi connectivity index (χ1v) is 17.9. The summed E-state index contributed by atoms with van der Waals surface area (Å²) in [5.41, 5.74) is 3.85. The lowest BCUT2D eigenvalue weighted by Gasteiger charge is -2.17. The molecule has 2 atom stereocenters. The molecule has 0 amide bonds. The zero-order valence-electron chi connectivity index (χ0n) is 24.8. The monoisotopic (exact) mass is 633 g/mol. The molecule has 0 spiro atoms. The Morgan fingerprint density at radius 3 is 2.27 bits per heavy atom. The molecule has 12 heteroatoms. The number of benzene rings is 2. The van der Waals surface area contributed by atoms with Crippen LogP contribution >= 0.6 is 0 Å². The largest absolute Gasteiger partial charge is 0.386 e. The Bertz CT molecular complexity index is 2110. The molecule has 0 bridgehead atoms. The fourth-order valence-electron chi connectivity index (χ4n) is 6.21. The Balaban J connectivity index is 1.36. The third-order valence-corrected chi connectivity index (χ3v) is 12.5. The van der Waals surface area contributed by atoms with Crippen LogP contribution in [0.4, 0.5) is 0 Å². The molecule has 44 heavy (non-hydrogen) atoms. The zero-order chi connectivity index (χ0) is 31.0. The van der Waals surface area contributed by atoms with Gasteiger partial charge in [0.1, 0.15) is 5.82 Å². The van der Waals surface area contributed by atoms with Gasteiger partial charge in [0, 0.05) is 23.7 Å². The van der Waals surface area contributed by atoms with Crippen molar-refractivity contribution in [1.29, 1.82) is 0 Å². The minimum atomic E-state index is -3.91. The molecule has 0 aliphatic heterocycles. The first-order chi connectivity index (χ1) is 20.8. The van der Waals surface area contributed by atoms with E-state index in [1.54, 1.807) is 50.4 Å². The summed E-state index contributed by atoms with van der Waals surface area (Å²) in [6.45, 7) is 5.37. The predicted octanol–water partition coefficient (Wildman–Crippen LogP) is 4.84. The van der Waals surface area contributed by atoms with E-state index in [0.717, 1.165) is 34.5 Å². The molecule has 10 nitrogen and oxygen atoms in total. The van der Waals surface area contributed by atoms with Crippen molar-refractivity contribution in [3.8, 4) is 11.3 Å². The summed E-state index contributed by atoms with van der Waals surface area (Å²) in [4.78, 5) is 9.94. The Hall–Kier alpha value is -3.58. The standard InChI is InChI=1S/C32H35N5O5S2/c1-20-4-12-26(13-5-20)44(41,42)36-17-16-27-31(36)33-19-28-29(21-6-9-23(10-7-21)32(2,3)38)34-30(37(27)28)22-8-11-24(18-22)35-43(39,40)25-14-15-25/h4-7,9-10,12-13,16-17,19,22,24-25,35,38H,8,11,14-15,18H2,1-3H3/t22-,24+/m1/s1. The van der Waals surface area contributed by atoms with Crippen LogP contribution in [0.5, 0.6) is 0 Å². The van der Waals surface area contributed by atoms with E-state index in [-0.39, 0.29) is 27.8 Å². The lowest BCUT2D eigenvalue weighted by Crippen LogP contribution is -2.35. The smallest absolute Gasteiger partial charge is 0.269 e. The third kappa shape index (κ3) is 5.03. The van der Waals surface area contributed by atoms with Crippen LogP contribution in [0.2, 0.25) is 0 Å². The van der Waals surface area contributed by atoms with Gasteiger partial charge in [-0.1, -0.05) is 42.0 Å². The quantitative estimate of drug-likeness (QED) is 0.250. The molecule has 3 heterocycles. The number of nitrogens with one attached hydrogen (secondary N) is 1. The summed E-state index contributed by atoms with van der Waals surface area (Å²) < 4.78 is 58.8. The first-order valence-electron chi connectivity index (χ1n) is 14.9. The second-order valence-electron chi connectivity index (χ2n) is 12.6. The van der Waals surface area contributed by atoms with Crippen molar-refractivity contribution in [2.45, 2.75) is 80.6 Å². The molecule has 2 aliphatic carbocycles. The minimum Gasteiger partial charge on any atom is -0.386 e. The number of sulfonamides is 1. The second kappa shape index (κ2) is 10.2. The summed E-state index contributed by atoms with van der Waals surface area (Å²) in [6, 6.07) is 15.8. The van der Waals surface area contributed by atoms with E-state index < -0.39 is 25.6 Å². The number of fused-ring (bicyclic) bond motifs is 3. The van der Waals surface area contributed by atoms with Gasteiger partial charge in [-0.15, -0.1) is 0 Å². The van der Waals surface area contributed by atoms with Crippen LogP contribution in [-0.2, 0) is 25.6 Å². The highest BCUT2D eigenvalue weighted by Gasteiger charge is 2.39. The average molecular weight is 634 g/mol. The van der Waals surface area contributed by atoms with E-state index in [1.165, 1.54) is 10.2 Å². The van der Waals surface area contributed by atoms with Crippen molar-refractivity contribution < 1.29 is 21.9 Å². The van der Waals surface area contributed by atoms with E-state index in [4.69, 9.17) is 4.98 Å². The molecule has 230 valence electrons. The summed E-state index contributed by atoms with van der Waals surface area (Å²) in [5, 5.41) is 10.2. The molecule has 2 fully saturated rings. The SMILES string of the molecule is Cc1ccc(S(=O)(=O)n2ccc3c2ncc2c(-c4ccc(C(C)(C)O)cc4)nc([C@@H]4CC[C@H](NS(=O)(=O)C5CC5)C4)n23)cc1. The van der Waals surface area contributed by atoms with Crippen LogP contribution in [0.3, 0.4) is 0 Å². The molecule has 5 aromatic rings. The highest BCUT2D eigenvalue weighted by atomic mass is 32.2. The van der Waals surface area contributed by atoms with E-state index in [0.29, 0.717) is 36.9 Å². The van der Waals surface area contributed by atoms with Crippen molar-refractivity contribution in [2.24, 2.45) is 0 Å². The van der Waals surface area contributed by atoms with Crippen molar-refractivity contribution in [3.05, 3.63) is 83.9 Å². The maximum absolute atomic E-state index is 13.7. The van der Waals surface area contributed by atoms with Gasteiger partial charge in [0.05, 0.1) is 38.7 Å². The topological polar surface area (TPSA) is 136 Å². The molecule has 2 saturated carbocycles. The molecule has 2 N–H and O–H groups in total. The van der Waals surface area contributed by atoms with Crippen LogP contribution in [0.1, 0.15) is 68.8 Å². The molecular weight excluding hydrogens is 599 g/mol. The van der Waals surface area contributed by atoms with Gasteiger partial charge in [-0.3, -0.25) is 4.40 Å². The normalized spacial score (nSPS) is 19.7. The Morgan fingerprint density at radius 2 is 1.61 bits per heavy atom. The van der Waals surface area contributed by atoms with Gasteiger partial charge >= 0.3 is 0 Å². The molecule has 3 aromatic heterocycles. The molecule has 2 aromatic carbocycles. The third-order valence-electron chi connectivity index (χ3n) is 8.83. The maximum Gasteiger partial charge on any atom is 0.269 e. The fourth-order valence-corrected chi connectivity index (χ4v) is 9.13. The van der Waals surface area contributed by atoms with Crippen LogP contribution in [0, 0.1) is 6.92 Å². The summed E-state index contributed by atoms with van der Waals surface area (Å²) in [6.07, 6.45) is 6.61. The van der Waals surface area contributed by atoms with Crippen molar-refractivity contribution in [2.75, 3.05) is 0 Å². The number of aryl methyl sites for hydroxylation is 1. The van der Waals surface area contributed by atoms with Gasteiger partial charge < -0.3 is 5.11 Å². The number of hydrogen-bond acceptors (Lipinski definition) is 7. The van der Waals surface area contributed by atoms with Gasteiger partial charge in [0.25, 0.3) is 10.0 Å². The van der Waals surface area contributed by atoms with Crippen LogP contribution in [0.25, 0.3) is 27.9 Å². The lowest BCUT2D eigenvalue weighted by atomic mass is 9.97. The van der Waals surface area contributed by atoms with Gasteiger partial charge in [-0.05, 0) is 76.6 Å². The number of hydrogen-bond donors (Lipinski definition) is 2. The highest BCUT2D eigenvalue weighted by molar-refractivity contribution is 7.90. The second-order valence-corrected chi connectivity index (χ2v) is 16.4. The van der Waals surface area contributed by atoms with Gasteiger partial charge in [0.2, 0.25) is 10.0 Å². The van der Waals surface area contributed by atoms with E-state index in [1.807, 2.05) is 35.6 Å². The maximum atomic E-state index is 13.7. The van der Waals surface area contributed by atoms with Crippen LogP contribution in [-0.4, -0.2) is 51.6 Å². The number of aromatic nitrogens is 4. The molecular formula is C32H35N5O5S2. The molecule has 7 rings (SSSR count). The zero-order valence-corrected chi connectivity index (χ0v) is 26.4. The van der Waals surface area contributed by atoms with Gasteiger partial charge in [-0.25, -0.2) is 35.5 Å². The Kier molecular flexibility index (Phi) is 6.78. The summed E-state index contributed by atoms with van der Waals surface area (Å²) >= 11 is 0. The summed E-state index contributed by atoms with van der Waals surface area (Å²) in [5.74, 6) is 0.689. The number of imidazole rings is 1. The van der Waals surface area contributed by atoms with E-state index >= 15 is 0 Å². The van der Waals surface area contributed by atoms with Crippen molar-refractivity contribution in [1.82, 2.24) is 23.1 Å². The van der Waals surface area contributed by atoms with Crippen molar-refractivity contribution >= 4 is 36.7 Å². The molecule has 0 unspecified atom stereocenters. The van der Waals surface area contributed by atoms with E-state index in [2.05, 4.69) is 9.71 Å².